The van der Waals surface area contributed by atoms with Gasteiger partial charge >= 0.3 is 16.6 Å². The molecule has 0 aliphatic rings. The molecule has 0 fully saturated rings. The topological polar surface area (TPSA) is 22.1 Å². The molecule has 0 aliphatic heterocycles. The van der Waals surface area contributed by atoms with E-state index in [0.29, 0.717) is 0 Å². The van der Waals surface area contributed by atoms with E-state index in [-0.39, 0.29) is 0 Å². The highest BCUT2D eigenvalue weighted by atomic mass is 32.1. The second kappa shape index (κ2) is 3.93. The van der Waals surface area contributed by atoms with Crippen LogP contribution in [0.4, 0.5) is 0 Å². The van der Waals surface area contributed by atoms with Crippen LogP contribution in [0.25, 0.3) is 10.6 Å². The van der Waals surface area contributed by atoms with Gasteiger partial charge < -0.3 is 3.79 Å². The van der Waals surface area contributed by atoms with Gasteiger partial charge in [0.15, 0.2) is 0 Å². The number of hydrogen-bond donors (Lipinski definition) is 0. The molecule has 13 heavy (non-hydrogen) atoms. The van der Waals surface area contributed by atoms with Crippen LogP contribution in [0, 0.1) is 0 Å². The molecular formula is C9H6AlNOS. The van der Waals surface area contributed by atoms with Crippen molar-refractivity contribution in [3.8, 4) is 16.3 Å². The molecule has 0 unspecified atom stereocenters. The summed E-state index contributed by atoms with van der Waals surface area (Å²) in [5, 5.41) is 2.94. The molecule has 0 amide bonds. The Labute approximate surface area is 89.0 Å². The minimum Gasteiger partial charge on any atom is -0.653 e. The van der Waals surface area contributed by atoms with Crippen LogP contribution in [0.2, 0.25) is 0 Å². The summed E-state index contributed by atoms with van der Waals surface area (Å²) in [5.74, 6) is 0.836. The average Bonchev–Trinajstić information content (AvgIpc) is 2.70. The first kappa shape index (κ1) is 8.77. The van der Waals surface area contributed by atoms with Gasteiger partial charge in [-0.1, -0.05) is 12.1 Å². The second-order valence-corrected chi connectivity index (χ2v) is 3.58. The lowest BCUT2D eigenvalue weighted by Crippen LogP contribution is -1.87. The molecule has 1 heterocycles. The van der Waals surface area contributed by atoms with Crippen molar-refractivity contribution >= 4 is 28.0 Å². The van der Waals surface area contributed by atoms with Gasteiger partial charge in [-0.3, -0.25) is 0 Å². The summed E-state index contributed by atoms with van der Waals surface area (Å²) >= 11 is 3.85. The maximum Gasteiger partial charge on any atom is 0.482 e. The van der Waals surface area contributed by atoms with E-state index >= 15 is 0 Å². The molecule has 0 saturated heterocycles. The van der Waals surface area contributed by atoms with Gasteiger partial charge in [0, 0.05) is 17.1 Å². The fraction of sp³-hybridized carbons (Fsp3) is 0. The molecule has 0 spiro atoms. The third kappa shape index (κ3) is 1.75. The molecule has 2 nitrogen and oxygen atoms in total. The lowest BCUT2D eigenvalue weighted by atomic mass is 10.2. The smallest absolute Gasteiger partial charge is 0.482 e. The molecule has 2 rings (SSSR count). The lowest BCUT2D eigenvalue weighted by Gasteiger charge is -2.06. The summed E-state index contributed by atoms with van der Waals surface area (Å²) in [6.07, 6.45) is 1.79. The number of rotatable bonds is 2. The average molecular weight is 203 g/mol. The van der Waals surface area contributed by atoms with Gasteiger partial charge in [-0.2, -0.15) is 0 Å². The largest absolute Gasteiger partial charge is 0.653 e. The predicted octanol–water partition coefficient (Wildman–Crippen LogP) is 2.27. The summed E-state index contributed by atoms with van der Waals surface area (Å²) in [6, 6.07) is 7.84. The standard InChI is InChI=1S/C9H7NOS.Al/c11-8-4-2-1-3-7(8)9-10-5-6-12-9;/h1-6,11H;/q;+1/p-1. The van der Waals surface area contributed by atoms with Crippen LogP contribution in [0.5, 0.6) is 5.75 Å². The van der Waals surface area contributed by atoms with E-state index < -0.39 is 0 Å². The Morgan fingerprint density at radius 2 is 2.15 bits per heavy atom. The zero-order valence-corrected chi connectivity index (χ0v) is 8.78. The van der Waals surface area contributed by atoms with Crippen LogP contribution in [-0.2, 0) is 0 Å². The highest BCUT2D eigenvalue weighted by Gasteiger charge is 2.04. The number of nitrogens with zero attached hydrogens (tertiary/aromatic N) is 1. The van der Waals surface area contributed by atoms with E-state index in [4.69, 9.17) is 3.79 Å². The van der Waals surface area contributed by atoms with Crippen molar-refractivity contribution < 1.29 is 3.79 Å². The van der Waals surface area contributed by atoms with E-state index in [0.717, 1.165) is 16.3 Å². The number of benzene rings is 1. The number of aromatic nitrogens is 1. The van der Waals surface area contributed by atoms with E-state index in [1.54, 1.807) is 17.5 Å². The Morgan fingerprint density at radius 1 is 1.31 bits per heavy atom. The molecule has 0 N–H and O–H groups in total. The third-order valence-corrected chi connectivity index (χ3v) is 2.74. The summed E-state index contributed by atoms with van der Waals surface area (Å²) < 4.78 is 5.15. The predicted molar refractivity (Wildman–Crippen MR) is 53.9 cm³/mol. The minimum absolute atomic E-state index is 0.836. The first-order valence-electron chi connectivity index (χ1n) is 3.77. The fourth-order valence-corrected chi connectivity index (χ4v) is 1.98. The molecule has 62 valence electrons. The van der Waals surface area contributed by atoms with Gasteiger partial charge in [0.2, 0.25) is 0 Å². The normalized spacial score (nSPS) is 9.85. The molecule has 0 aliphatic carbocycles. The Kier molecular flexibility index (Phi) is 2.65. The van der Waals surface area contributed by atoms with Crippen LogP contribution in [0.3, 0.4) is 0 Å². The number of para-hydroxylation sites is 1. The van der Waals surface area contributed by atoms with Gasteiger partial charge in [0.05, 0.1) is 5.75 Å². The quantitative estimate of drug-likeness (QED) is 0.698. The maximum atomic E-state index is 5.15. The molecule has 1 aromatic heterocycles. The minimum atomic E-state index is 0.836. The SMILES string of the molecule is [Al][O]c1ccccc1-c1nccs1. The zero-order valence-electron chi connectivity index (χ0n) is 6.81. The van der Waals surface area contributed by atoms with Gasteiger partial charge in [-0.15, -0.1) is 11.3 Å². The molecule has 1 aromatic carbocycles. The van der Waals surface area contributed by atoms with Crippen molar-refractivity contribution in [3.05, 3.63) is 35.8 Å². The molecule has 0 atom stereocenters. The highest BCUT2D eigenvalue weighted by Crippen LogP contribution is 2.30. The molecule has 4 heteroatoms. The summed E-state index contributed by atoms with van der Waals surface area (Å²) in [5.41, 5.74) is 1.03. The fourth-order valence-electron chi connectivity index (χ4n) is 1.10. The summed E-state index contributed by atoms with van der Waals surface area (Å²) in [4.78, 5) is 4.22. The van der Waals surface area contributed by atoms with E-state index in [2.05, 4.69) is 21.6 Å². The van der Waals surface area contributed by atoms with Gasteiger partial charge in [-0.25, -0.2) is 4.98 Å². The van der Waals surface area contributed by atoms with Crippen molar-refractivity contribution in [2.75, 3.05) is 0 Å². The van der Waals surface area contributed by atoms with Crippen LogP contribution in [0.1, 0.15) is 0 Å². The lowest BCUT2D eigenvalue weighted by molar-refractivity contribution is 0.618. The molecule has 0 saturated carbocycles. The second-order valence-electron chi connectivity index (χ2n) is 2.45. The van der Waals surface area contributed by atoms with E-state index in [1.807, 2.05) is 29.6 Å². The van der Waals surface area contributed by atoms with Crippen LogP contribution in [-0.4, -0.2) is 21.6 Å². The molecule has 2 radical (unpaired) electrons. The van der Waals surface area contributed by atoms with E-state index in [9.17, 15) is 0 Å². The Bertz CT molecular complexity index is 388. The number of hydrogen-bond acceptors (Lipinski definition) is 3. The van der Waals surface area contributed by atoms with Crippen LogP contribution >= 0.6 is 11.3 Å². The van der Waals surface area contributed by atoms with Crippen LogP contribution < -0.4 is 3.79 Å². The van der Waals surface area contributed by atoms with Gasteiger partial charge in [0.25, 0.3) is 0 Å². The first-order chi connectivity index (χ1) is 6.42. The van der Waals surface area contributed by atoms with Gasteiger partial charge in [0.1, 0.15) is 5.01 Å². The Hall–Kier alpha value is -0.818. The van der Waals surface area contributed by atoms with Crippen molar-refractivity contribution in [2.24, 2.45) is 0 Å². The number of thiazole rings is 1. The van der Waals surface area contributed by atoms with E-state index in [1.165, 1.54) is 0 Å². The monoisotopic (exact) mass is 203 g/mol. The molecule has 0 bridgehead atoms. The third-order valence-electron chi connectivity index (χ3n) is 1.68. The molecule has 2 aromatic rings. The maximum absolute atomic E-state index is 5.15. The van der Waals surface area contributed by atoms with Gasteiger partial charge in [-0.05, 0) is 12.1 Å². The summed E-state index contributed by atoms with van der Waals surface area (Å²) in [6.45, 7) is 0. The van der Waals surface area contributed by atoms with Crippen molar-refractivity contribution in [1.82, 2.24) is 4.98 Å². The zero-order chi connectivity index (χ0) is 9.10. The van der Waals surface area contributed by atoms with Crippen molar-refractivity contribution in [2.45, 2.75) is 0 Å². The Morgan fingerprint density at radius 3 is 2.85 bits per heavy atom. The van der Waals surface area contributed by atoms with Crippen molar-refractivity contribution in [1.29, 1.82) is 0 Å². The highest BCUT2D eigenvalue weighted by molar-refractivity contribution is 7.13. The first-order valence-corrected chi connectivity index (χ1v) is 5.12. The molecular weight excluding hydrogens is 197 g/mol. The van der Waals surface area contributed by atoms with Crippen molar-refractivity contribution in [3.63, 3.8) is 0 Å². The van der Waals surface area contributed by atoms with Crippen LogP contribution in [0.15, 0.2) is 35.8 Å². The Balaban J connectivity index is 2.51. The summed E-state index contributed by atoms with van der Waals surface area (Å²) in [7, 11) is 0.